The van der Waals surface area contributed by atoms with Crippen LogP contribution in [0.25, 0.3) is 21.8 Å². The first-order chi connectivity index (χ1) is 12.7. The zero-order valence-corrected chi connectivity index (χ0v) is 13.7. The lowest BCUT2D eigenvalue weighted by atomic mass is 10.1. The highest BCUT2D eigenvalue weighted by molar-refractivity contribution is 6.04. The average molecular weight is 345 g/mol. The van der Waals surface area contributed by atoms with Crippen molar-refractivity contribution in [2.75, 3.05) is 11.9 Å². The van der Waals surface area contributed by atoms with Gasteiger partial charge in [0.15, 0.2) is 0 Å². The van der Waals surface area contributed by atoms with E-state index in [0.717, 1.165) is 10.8 Å². The number of rotatable bonds is 4. The summed E-state index contributed by atoms with van der Waals surface area (Å²) in [5, 5.41) is 17.8. The molecule has 0 aliphatic rings. The van der Waals surface area contributed by atoms with Crippen LogP contribution >= 0.6 is 0 Å². The van der Waals surface area contributed by atoms with Crippen molar-refractivity contribution < 1.29 is 9.59 Å². The van der Waals surface area contributed by atoms with Crippen LogP contribution in [0.15, 0.2) is 60.7 Å². The largest absolute Gasteiger partial charge is 0.343 e. The Balaban J connectivity index is 1.42. The molecule has 0 aliphatic heterocycles. The van der Waals surface area contributed by atoms with Gasteiger partial charge < -0.3 is 10.6 Å². The van der Waals surface area contributed by atoms with Gasteiger partial charge in [-0.1, -0.05) is 36.4 Å². The van der Waals surface area contributed by atoms with Gasteiger partial charge in [-0.3, -0.25) is 9.59 Å². The topological polar surface area (TPSA) is 99.8 Å². The monoisotopic (exact) mass is 345 g/mol. The maximum Gasteiger partial charge on any atom is 0.251 e. The predicted molar refractivity (Wildman–Crippen MR) is 98.8 cm³/mol. The first kappa shape index (κ1) is 15.8. The molecule has 0 fully saturated rings. The van der Waals surface area contributed by atoms with Crippen LogP contribution < -0.4 is 10.6 Å². The van der Waals surface area contributed by atoms with E-state index in [4.69, 9.17) is 0 Å². The summed E-state index contributed by atoms with van der Waals surface area (Å²) in [5.41, 5.74) is 2.41. The van der Waals surface area contributed by atoms with Crippen molar-refractivity contribution >= 4 is 39.3 Å². The third-order valence-electron chi connectivity index (χ3n) is 4.05. The lowest BCUT2D eigenvalue weighted by Crippen LogP contribution is -2.32. The van der Waals surface area contributed by atoms with Crippen LogP contribution in [0.4, 0.5) is 5.69 Å². The quantitative estimate of drug-likeness (QED) is 0.529. The Morgan fingerprint density at radius 1 is 0.923 bits per heavy atom. The number of carbonyl (C=O) groups excluding carboxylic acids is 2. The third-order valence-corrected chi connectivity index (χ3v) is 4.05. The molecule has 7 heteroatoms. The molecular weight excluding hydrogens is 330 g/mol. The highest BCUT2D eigenvalue weighted by Gasteiger charge is 2.11. The van der Waals surface area contributed by atoms with Crippen molar-refractivity contribution in [2.24, 2.45) is 0 Å². The smallest absolute Gasteiger partial charge is 0.251 e. The number of H-pyrrole nitrogens is 1. The Labute approximate surface area is 148 Å². The number of benzene rings is 3. The van der Waals surface area contributed by atoms with Gasteiger partial charge >= 0.3 is 0 Å². The first-order valence-corrected chi connectivity index (χ1v) is 8.07. The summed E-state index contributed by atoms with van der Waals surface area (Å²) in [7, 11) is 0. The molecule has 128 valence electrons. The lowest BCUT2D eigenvalue weighted by molar-refractivity contribution is -0.115. The molecule has 0 saturated heterocycles. The second-order valence-electron chi connectivity index (χ2n) is 5.78. The normalized spacial score (nSPS) is 10.8. The molecule has 0 radical (unpaired) electrons. The minimum absolute atomic E-state index is 0.126. The van der Waals surface area contributed by atoms with E-state index in [9.17, 15) is 9.59 Å². The molecule has 0 bridgehead atoms. The van der Waals surface area contributed by atoms with Gasteiger partial charge in [0.05, 0.1) is 6.54 Å². The van der Waals surface area contributed by atoms with Gasteiger partial charge in [-0.2, -0.15) is 15.4 Å². The van der Waals surface area contributed by atoms with E-state index in [1.165, 1.54) is 0 Å². The molecule has 0 atom stereocenters. The fourth-order valence-electron chi connectivity index (χ4n) is 2.77. The molecule has 3 aromatic carbocycles. The highest BCUT2D eigenvalue weighted by atomic mass is 16.2. The SMILES string of the molecule is O=C(CNC(=O)c1ccc2n[nH]nc2c1)Nc1cccc2ccccc12. The Bertz CT molecular complexity index is 1110. The van der Waals surface area contributed by atoms with Crippen molar-refractivity contribution in [1.29, 1.82) is 0 Å². The van der Waals surface area contributed by atoms with Gasteiger partial charge in [0, 0.05) is 16.6 Å². The number of nitrogens with one attached hydrogen (secondary N) is 3. The Kier molecular flexibility index (Phi) is 4.03. The van der Waals surface area contributed by atoms with E-state index in [1.54, 1.807) is 18.2 Å². The van der Waals surface area contributed by atoms with Gasteiger partial charge in [0.1, 0.15) is 11.0 Å². The molecule has 1 aromatic heterocycles. The van der Waals surface area contributed by atoms with Crippen LogP contribution in [0.5, 0.6) is 0 Å². The molecule has 4 aromatic rings. The number of aromatic nitrogens is 3. The van der Waals surface area contributed by atoms with Crippen molar-refractivity contribution in [3.05, 3.63) is 66.2 Å². The van der Waals surface area contributed by atoms with Crippen LogP contribution in [0.2, 0.25) is 0 Å². The van der Waals surface area contributed by atoms with Gasteiger partial charge in [-0.25, -0.2) is 0 Å². The summed E-state index contributed by atoms with van der Waals surface area (Å²) in [5.74, 6) is -0.639. The molecule has 2 amide bonds. The summed E-state index contributed by atoms with van der Waals surface area (Å²) in [4.78, 5) is 24.4. The van der Waals surface area contributed by atoms with Gasteiger partial charge in [-0.15, -0.1) is 0 Å². The van der Waals surface area contributed by atoms with Crippen molar-refractivity contribution in [2.45, 2.75) is 0 Å². The number of carbonyl (C=O) groups is 2. The number of hydrogen-bond acceptors (Lipinski definition) is 4. The number of nitrogens with zero attached hydrogens (tertiary/aromatic N) is 2. The van der Waals surface area contributed by atoms with E-state index in [2.05, 4.69) is 26.0 Å². The van der Waals surface area contributed by atoms with E-state index in [-0.39, 0.29) is 18.4 Å². The fraction of sp³-hybridized carbons (Fsp3) is 0.0526. The molecule has 1 heterocycles. The first-order valence-electron chi connectivity index (χ1n) is 8.07. The average Bonchev–Trinajstić information content (AvgIpc) is 3.14. The fourth-order valence-corrected chi connectivity index (χ4v) is 2.77. The van der Waals surface area contributed by atoms with Crippen molar-refractivity contribution in [3.63, 3.8) is 0 Å². The van der Waals surface area contributed by atoms with Gasteiger partial charge in [-0.05, 0) is 29.7 Å². The molecule has 26 heavy (non-hydrogen) atoms. The molecule has 3 N–H and O–H groups in total. The summed E-state index contributed by atoms with van der Waals surface area (Å²) < 4.78 is 0. The van der Waals surface area contributed by atoms with E-state index in [0.29, 0.717) is 22.3 Å². The summed E-state index contributed by atoms with van der Waals surface area (Å²) in [6.07, 6.45) is 0. The molecular formula is C19H15N5O2. The summed E-state index contributed by atoms with van der Waals surface area (Å²) in [6.45, 7) is -0.126. The zero-order chi connectivity index (χ0) is 17.9. The van der Waals surface area contributed by atoms with E-state index in [1.807, 2.05) is 42.5 Å². The van der Waals surface area contributed by atoms with Crippen molar-refractivity contribution in [3.8, 4) is 0 Å². The second kappa shape index (κ2) is 6.64. The Morgan fingerprint density at radius 2 is 1.73 bits per heavy atom. The number of anilines is 1. The molecule has 0 unspecified atom stereocenters. The van der Waals surface area contributed by atoms with Crippen molar-refractivity contribution in [1.82, 2.24) is 20.7 Å². The Morgan fingerprint density at radius 3 is 2.65 bits per heavy atom. The number of amides is 2. The van der Waals surface area contributed by atoms with Gasteiger partial charge in [0.2, 0.25) is 5.91 Å². The number of aromatic amines is 1. The van der Waals surface area contributed by atoms with Crippen LogP contribution in [0.3, 0.4) is 0 Å². The highest BCUT2D eigenvalue weighted by Crippen LogP contribution is 2.22. The van der Waals surface area contributed by atoms with E-state index >= 15 is 0 Å². The molecule has 4 rings (SSSR count). The number of hydrogen-bond donors (Lipinski definition) is 3. The second-order valence-corrected chi connectivity index (χ2v) is 5.78. The molecule has 7 nitrogen and oxygen atoms in total. The van der Waals surface area contributed by atoms with Crippen LogP contribution in [-0.2, 0) is 4.79 Å². The molecule has 0 saturated carbocycles. The van der Waals surface area contributed by atoms with Crippen LogP contribution in [-0.4, -0.2) is 33.8 Å². The minimum atomic E-state index is -0.344. The number of fused-ring (bicyclic) bond motifs is 2. The molecule has 0 spiro atoms. The van der Waals surface area contributed by atoms with E-state index < -0.39 is 0 Å². The summed E-state index contributed by atoms with van der Waals surface area (Å²) in [6, 6.07) is 18.4. The molecule has 0 aliphatic carbocycles. The van der Waals surface area contributed by atoms with Gasteiger partial charge in [0.25, 0.3) is 5.91 Å². The third kappa shape index (κ3) is 3.10. The Hall–Kier alpha value is -3.74. The summed E-state index contributed by atoms with van der Waals surface area (Å²) >= 11 is 0. The maximum absolute atomic E-state index is 12.2. The van der Waals surface area contributed by atoms with Crippen LogP contribution in [0.1, 0.15) is 10.4 Å². The zero-order valence-electron chi connectivity index (χ0n) is 13.7. The van der Waals surface area contributed by atoms with Crippen LogP contribution in [0, 0.1) is 0 Å². The minimum Gasteiger partial charge on any atom is -0.343 e. The maximum atomic E-state index is 12.2. The standard InChI is InChI=1S/C19H15N5O2/c25-18(21-15-7-3-5-12-4-1-2-6-14(12)15)11-20-19(26)13-8-9-16-17(10-13)23-24-22-16/h1-10H,11H2,(H,20,26)(H,21,25)(H,22,23,24). The lowest BCUT2D eigenvalue weighted by Gasteiger charge is -2.09. The predicted octanol–water partition coefficient (Wildman–Crippen LogP) is 2.48.